The van der Waals surface area contributed by atoms with Crippen molar-refractivity contribution in [1.82, 2.24) is 4.90 Å². The molecule has 0 unspecified atom stereocenters. The molecule has 2 aliphatic rings. The number of carbonyl (C=O) groups is 1. The van der Waals surface area contributed by atoms with Crippen LogP contribution in [-0.4, -0.2) is 60.1 Å². The van der Waals surface area contributed by atoms with Gasteiger partial charge in [-0.1, -0.05) is 6.92 Å². The van der Waals surface area contributed by atoms with Crippen LogP contribution in [0.4, 0.5) is 17.1 Å². The van der Waals surface area contributed by atoms with E-state index in [-0.39, 0.29) is 22.3 Å². The Hall–Kier alpha value is -3.29. The molecular formula is C23H28N4O4. The number of hydrogen-bond acceptors (Lipinski definition) is 6. The Morgan fingerprint density at radius 1 is 1.03 bits per heavy atom. The summed E-state index contributed by atoms with van der Waals surface area (Å²) in [6, 6.07) is 11.9. The minimum Gasteiger partial charge on any atom is -0.508 e. The Balaban J connectivity index is 1.46. The third-order valence-electron chi connectivity index (χ3n) is 6.20. The smallest absolute Gasteiger partial charge is 0.293 e. The lowest BCUT2D eigenvalue weighted by atomic mass is 9.99. The average molecular weight is 425 g/mol. The van der Waals surface area contributed by atoms with Crippen molar-refractivity contribution in [2.45, 2.75) is 19.8 Å². The maximum atomic E-state index is 13.0. The molecule has 2 fully saturated rings. The number of benzene rings is 2. The zero-order valence-electron chi connectivity index (χ0n) is 17.7. The number of nitrogens with zero attached hydrogens (tertiary/aromatic N) is 4. The minimum absolute atomic E-state index is 0.00248. The summed E-state index contributed by atoms with van der Waals surface area (Å²) in [5.41, 5.74) is 1.96. The summed E-state index contributed by atoms with van der Waals surface area (Å²) in [5.74, 6) is 0.549. The fraction of sp³-hybridized carbons (Fsp3) is 0.435. The van der Waals surface area contributed by atoms with E-state index in [4.69, 9.17) is 0 Å². The van der Waals surface area contributed by atoms with E-state index in [9.17, 15) is 20.0 Å². The molecule has 8 heteroatoms. The Morgan fingerprint density at radius 2 is 1.74 bits per heavy atom. The van der Waals surface area contributed by atoms with Gasteiger partial charge in [0.25, 0.3) is 11.6 Å². The summed E-state index contributed by atoms with van der Waals surface area (Å²) in [6.07, 6.45) is 2.15. The molecular weight excluding hydrogens is 396 g/mol. The van der Waals surface area contributed by atoms with Gasteiger partial charge in [0.1, 0.15) is 11.4 Å². The Bertz CT molecular complexity index is 955. The number of phenolic OH excluding ortho intramolecular Hbond substituents is 1. The number of aromatic hydroxyl groups is 1. The Labute approximate surface area is 181 Å². The number of rotatable bonds is 4. The predicted octanol–water partition coefficient (Wildman–Crippen LogP) is 3.50. The lowest BCUT2D eigenvalue weighted by Crippen LogP contribution is -2.48. The van der Waals surface area contributed by atoms with E-state index in [0.717, 1.165) is 31.6 Å². The highest BCUT2D eigenvalue weighted by Crippen LogP contribution is 2.33. The summed E-state index contributed by atoms with van der Waals surface area (Å²) >= 11 is 0. The molecule has 2 saturated heterocycles. The lowest BCUT2D eigenvalue weighted by molar-refractivity contribution is -0.384. The van der Waals surface area contributed by atoms with E-state index in [1.165, 1.54) is 6.07 Å². The van der Waals surface area contributed by atoms with E-state index in [1.807, 2.05) is 12.1 Å². The van der Waals surface area contributed by atoms with Gasteiger partial charge in [-0.05, 0) is 55.2 Å². The Kier molecular flexibility index (Phi) is 5.97. The molecule has 0 saturated carbocycles. The largest absolute Gasteiger partial charge is 0.508 e. The van der Waals surface area contributed by atoms with Gasteiger partial charge in [0.05, 0.1) is 4.92 Å². The highest BCUT2D eigenvalue weighted by molar-refractivity contribution is 5.96. The molecule has 2 heterocycles. The summed E-state index contributed by atoms with van der Waals surface area (Å²) in [6.45, 7) is 6.18. The van der Waals surface area contributed by atoms with Crippen molar-refractivity contribution in [2.24, 2.45) is 5.92 Å². The van der Waals surface area contributed by atoms with Gasteiger partial charge in [0, 0.05) is 56.6 Å². The summed E-state index contributed by atoms with van der Waals surface area (Å²) in [5, 5.41) is 21.2. The number of carbonyl (C=O) groups excluding carboxylic acids is 1. The van der Waals surface area contributed by atoms with Crippen LogP contribution < -0.4 is 9.80 Å². The molecule has 0 aromatic heterocycles. The average Bonchev–Trinajstić information content (AvgIpc) is 2.79. The van der Waals surface area contributed by atoms with Crippen LogP contribution >= 0.6 is 0 Å². The first kappa shape index (κ1) is 21.0. The van der Waals surface area contributed by atoms with Crippen LogP contribution in [0.25, 0.3) is 0 Å². The molecule has 31 heavy (non-hydrogen) atoms. The molecule has 0 aliphatic carbocycles. The van der Waals surface area contributed by atoms with Gasteiger partial charge in [0.15, 0.2) is 0 Å². The van der Waals surface area contributed by atoms with Gasteiger partial charge < -0.3 is 19.8 Å². The van der Waals surface area contributed by atoms with Crippen molar-refractivity contribution in [1.29, 1.82) is 0 Å². The molecule has 0 spiro atoms. The van der Waals surface area contributed by atoms with Crippen molar-refractivity contribution in [2.75, 3.05) is 49.1 Å². The predicted molar refractivity (Wildman–Crippen MR) is 120 cm³/mol. The van der Waals surface area contributed by atoms with Crippen LogP contribution in [0, 0.1) is 16.0 Å². The minimum atomic E-state index is -0.381. The second-order valence-electron chi connectivity index (χ2n) is 8.45. The second kappa shape index (κ2) is 8.83. The molecule has 164 valence electrons. The number of hydrogen-bond donors (Lipinski definition) is 1. The highest BCUT2D eigenvalue weighted by atomic mass is 16.6. The normalized spacial score (nSPS) is 19.4. The highest BCUT2D eigenvalue weighted by Gasteiger charge is 2.27. The number of amides is 1. The molecule has 2 aliphatic heterocycles. The zero-order chi connectivity index (χ0) is 22.0. The molecule has 0 bridgehead atoms. The SMILES string of the molecule is C[C@H]1CCCN(c2ccc(C(=O)N3CCN(c4ccc(O)cc4)CC3)cc2[N+](=O)[O-])C1. The molecule has 2 aromatic rings. The van der Waals surface area contributed by atoms with Crippen LogP contribution in [0.15, 0.2) is 42.5 Å². The van der Waals surface area contributed by atoms with Gasteiger partial charge in [-0.15, -0.1) is 0 Å². The summed E-state index contributed by atoms with van der Waals surface area (Å²) < 4.78 is 0. The van der Waals surface area contributed by atoms with Gasteiger partial charge in [-0.3, -0.25) is 14.9 Å². The maximum absolute atomic E-state index is 13.0. The first-order chi connectivity index (χ1) is 14.9. The number of anilines is 2. The fourth-order valence-electron chi connectivity index (χ4n) is 4.49. The molecule has 8 nitrogen and oxygen atoms in total. The Morgan fingerprint density at radius 3 is 2.39 bits per heavy atom. The van der Waals surface area contributed by atoms with E-state index in [0.29, 0.717) is 43.3 Å². The molecule has 2 aromatic carbocycles. The lowest BCUT2D eigenvalue weighted by Gasteiger charge is -2.36. The number of phenols is 1. The van der Waals surface area contributed by atoms with E-state index in [1.54, 1.807) is 29.2 Å². The molecule has 4 rings (SSSR count). The van der Waals surface area contributed by atoms with Gasteiger partial charge >= 0.3 is 0 Å². The monoisotopic (exact) mass is 424 g/mol. The standard InChI is InChI=1S/C23H28N4O4/c1-17-3-2-10-26(16-17)21-9-4-18(15-22(21)27(30)31)23(29)25-13-11-24(12-14-25)19-5-7-20(28)8-6-19/h4-9,15,17,28H,2-3,10-14,16H2,1H3/t17-/m0/s1. The van der Waals surface area contributed by atoms with Crippen LogP contribution in [-0.2, 0) is 0 Å². The van der Waals surface area contributed by atoms with Crippen molar-refractivity contribution in [3.8, 4) is 5.75 Å². The fourth-order valence-corrected chi connectivity index (χ4v) is 4.49. The van der Waals surface area contributed by atoms with Gasteiger partial charge in [0.2, 0.25) is 0 Å². The van der Waals surface area contributed by atoms with E-state index >= 15 is 0 Å². The van der Waals surface area contributed by atoms with Gasteiger partial charge in [-0.25, -0.2) is 0 Å². The van der Waals surface area contributed by atoms with Crippen molar-refractivity contribution in [3.05, 3.63) is 58.1 Å². The van der Waals surface area contributed by atoms with Crippen LogP contribution in [0.1, 0.15) is 30.1 Å². The topological polar surface area (TPSA) is 90.2 Å². The maximum Gasteiger partial charge on any atom is 0.293 e. The van der Waals surface area contributed by atoms with Crippen LogP contribution in [0.3, 0.4) is 0 Å². The molecule has 0 radical (unpaired) electrons. The zero-order valence-corrected chi connectivity index (χ0v) is 17.7. The van der Waals surface area contributed by atoms with E-state index in [2.05, 4.69) is 16.7 Å². The third kappa shape index (κ3) is 4.57. The molecule has 1 amide bonds. The summed E-state index contributed by atoms with van der Waals surface area (Å²) in [7, 11) is 0. The summed E-state index contributed by atoms with van der Waals surface area (Å²) in [4.78, 5) is 30.4. The first-order valence-electron chi connectivity index (χ1n) is 10.8. The van der Waals surface area contributed by atoms with Gasteiger partial charge in [-0.2, -0.15) is 0 Å². The first-order valence-corrected chi connectivity index (χ1v) is 10.8. The number of piperidine rings is 1. The number of piperazine rings is 1. The third-order valence-corrected chi connectivity index (χ3v) is 6.20. The van der Waals surface area contributed by atoms with Crippen molar-refractivity contribution >= 4 is 23.0 Å². The quantitative estimate of drug-likeness (QED) is 0.597. The second-order valence-corrected chi connectivity index (χ2v) is 8.45. The van der Waals surface area contributed by atoms with Crippen molar-refractivity contribution < 1.29 is 14.8 Å². The van der Waals surface area contributed by atoms with Crippen LogP contribution in [0.2, 0.25) is 0 Å². The molecule has 1 N–H and O–H groups in total. The van der Waals surface area contributed by atoms with E-state index < -0.39 is 0 Å². The van der Waals surface area contributed by atoms with Crippen molar-refractivity contribution in [3.63, 3.8) is 0 Å². The van der Waals surface area contributed by atoms with Crippen LogP contribution in [0.5, 0.6) is 5.75 Å². The number of nitro benzene ring substituents is 1. The molecule has 1 atom stereocenters. The number of nitro groups is 1.